The van der Waals surface area contributed by atoms with Gasteiger partial charge in [-0.25, -0.2) is 8.78 Å². The largest absolute Gasteiger partial charge is 0.449 e. The van der Waals surface area contributed by atoms with Crippen LogP contribution in [-0.4, -0.2) is 63.0 Å². The van der Waals surface area contributed by atoms with E-state index in [1.165, 1.54) is 25.2 Å². The molecule has 6 nitrogen and oxygen atoms in total. The number of alkyl halides is 2. The molecule has 3 fully saturated rings. The molecular formula is C28H36F2O6S. The number of carbonyl (C=O) groups excluding carboxylic acids is 3. The minimum absolute atomic E-state index is 0.0359. The van der Waals surface area contributed by atoms with Crippen molar-refractivity contribution in [1.29, 1.82) is 0 Å². The van der Waals surface area contributed by atoms with Crippen molar-refractivity contribution in [3.63, 3.8) is 0 Å². The summed E-state index contributed by atoms with van der Waals surface area (Å²) in [7, 11) is 0. The first kappa shape index (κ1) is 28.2. The molecule has 2 N–H and O–H groups in total. The van der Waals surface area contributed by atoms with Crippen LogP contribution in [0.1, 0.15) is 53.4 Å². The molecule has 0 bridgehead atoms. The Hall–Kier alpha value is -1.84. The van der Waals surface area contributed by atoms with E-state index in [1.807, 2.05) is 0 Å². The Morgan fingerprint density at radius 2 is 1.95 bits per heavy atom. The zero-order valence-corrected chi connectivity index (χ0v) is 22.5. The van der Waals surface area contributed by atoms with Crippen LogP contribution in [0.25, 0.3) is 0 Å². The normalized spacial score (nSPS) is 44.7. The van der Waals surface area contributed by atoms with Gasteiger partial charge in [0.2, 0.25) is 5.12 Å². The Kier molecular flexibility index (Phi) is 7.40. The van der Waals surface area contributed by atoms with E-state index < -0.39 is 69.0 Å². The monoisotopic (exact) mass is 538 g/mol. The van der Waals surface area contributed by atoms with Gasteiger partial charge < -0.3 is 14.9 Å². The number of fused-ring (bicyclic) bond motifs is 5. The quantitative estimate of drug-likeness (QED) is 0.389. The van der Waals surface area contributed by atoms with Crippen molar-refractivity contribution in [3.8, 4) is 0 Å². The highest BCUT2D eigenvalue weighted by molar-refractivity contribution is 8.14. The third kappa shape index (κ3) is 3.82. The van der Waals surface area contributed by atoms with Crippen molar-refractivity contribution >= 4 is 28.6 Å². The third-order valence-electron chi connectivity index (χ3n) is 9.62. The van der Waals surface area contributed by atoms with Gasteiger partial charge in [0.25, 0.3) is 0 Å². The van der Waals surface area contributed by atoms with Crippen LogP contribution in [0.15, 0.2) is 36.0 Å². The Labute approximate surface area is 220 Å². The highest BCUT2D eigenvalue weighted by Gasteiger charge is 2.78. The molecule has 4 aliphatic rings. The molecular weight excluding hydrogens is 502 g/mol. The maximum absolute atomic E-state index is 17.4. The van der Waals surface area contributed by atoms with E-state index in [2.05, 4.69) is 0 Å². The second-order valence-corrected chi connectivity index (χ2v) is 12.3. The smallest absolute Gasteiger partial charge is 0.306 e. The number of aliphatic hydroxyl groups is 2. The van der Waals surface area contributed by atoms with E-state index in [4.69, 9.17) is 9.84 Å². The van der Waals surface area contributed by atoms with Gasteiger partial charge >= 0.3 is 5.97 Å². The summed E-state index contributed by atoms with van der Waals surface area (Å²) < 4.78 is 39.0. The van der Waals surface area contributed by atoms with E-state index in [0.29, 0.717) is 6.42 Å². The molecule has 3 saturated carbocycles. The van der Waals surface area contributed by atoms with Gasteiger partial charge in [-0.15, -0.1) is 0 Å². The second-order valence-electron chi connectivity index (χ2n) is 11.3. The van der Waals surface area contributed by atoms with E-state index in [9.17, 15) is 19.5 Å². The van der Waals surface area contributed by atoms with Crippen molar-refractivity contribution in [2.75, 3.05) is 12.4 Å². The lowest BCUT2D eigenvalue weighted by molar-refractivity contribution is -0.228. The van der Waals surface area contributed by atoms with E-state index >= 15 is 8.78 Å². The van der Waals surface area contributed by atoms with Gasteiger partial charge in [-0.3, -0.25) is 14.4 Å². The van der Waals surface area contributed by atoms with Crippen molar-refractivity contribution in [2.45, 2.75) is 76.9 Å². The lowest BCUT2D eigenvalue weighted by Gasteiger charge is -2.63. The molecule has 0 aromatic carbocycles. The van der Waals surface area contributed by atoms with Crippen LogP contribution < -0.4 is 0 Å². The summed E-state index contributed by atoms with van der Waals surface area (Å²) in [6.45, 7) is 6.54. The van der Waals surface area contributed by atoms with Crippen LogP contribution in [0.2, 0.25) is 0 Å². The summed E-state index contributed by atoms with van der Waals surface area (Å²) >= 11 is 0.950. The van der Waals surface area contributed by atoms with Crippen LogP contribution in [0.4, 0.5) is 8.78 Å². The number of carbonyl (C=O) groups is 3. The van der Waals surface area contributed by atoms with Crippen molar-refractivity contribution in [3.05, 3.63) is 36.0 Å². The molecule has 0 amide bonds. The summed E-state index contributed by atoms with van der Waals surface area (Å²) in [4.78, 5) is 38.6. The van der Waals surface area contributed by atoms with E-state index in [1.54, 1.807) is 26.8 Å². The Morgan fingerprint density at radius 3 is 2.59 bits per heavy atom. The average molecular weight is 539 g/mol. The van der Waals surface area contributed by atoms with Crippen LogP contribution in [-0.2, 0) is 19.1 Å². The summed E-state index contributed by atoms with van der Waals surface area (Å²) in [5, 5.41) is 20.1. The van der Waals surface area contributed by atoms with Crippen LogP contribution in [0.5, 0.6) is 0 Å². The molecule has 0 spiro atoms. The summed E-state index contributed by atoms with van der Waals surface area (Å²) in [6.07, 6.45) is 3.69. The summed E-state index contributed by atoms with van der Waals surface area (Å²) in [5.41, 5.74) is -6.53. The minimum atomic E-state index is -2.27. The topological polar surface area (TPSA) is 101 Å². The van der Waals surface area contributed by atoms with Crippen molar-refractivity contribution in [2.24, 2.45) is 28.6 Å². The number of hydrogen-bond donors (Lipinski definition) is 2. The fraction of sp³-hybridized carbons (Fsp3) is 0.679. The maximum Gasteiger partial charge on any atom is 0.306 e. The highest BCUT2D eigenvalue weighted by Crippen LogP contribution is 2.72. The van der Waals surface area contributed by atoms with Gasteiger partial charge in [0, 0.05) is 34.8 Å². The molecule has 37 heavy (non-hydrogen) atoms. The first-order valence-corrected chi connectivity index (χ1v) is 13.9. The number of aliphatic hydroxyl groups excluding tert-OH is 2. The van der Waals surface area contributed by atoms with Gasteiger partial charge in [0.05, 0.1) is 12.7 Å². The van der Waals surface area contributed by atoms with Gasteiger partial charge in [0.15, 0.2) is 17.1 Å². The zero-order valence-electron chi connectivity index (χ0n) is 21.7. The van der Waals surface area contributed by atoms with Gasteiger partial charge in [0.1, 0.15) is 6.17 Å². The van der Waals surface area contributed by atoms with Crippen LogP contribution in [0.3, 0.4) is 0 Å². The van der Waals surface area contributed by atoms with E-state index in [-0.39, 0.29) is 37.2 Å². The highest BCUT2D eigenvalue weighted by atomic mass is 32.2. The number of rotatable bonds is 6. The number of esters is 1. The minimum Gasteiger partial charge on any atom is -0.449 e. The molecule has 0 aromatic rings. The van der Waals surface area contributed by atoms with Crippen molar-refractivity contribution < 1.29 is 38.1 Å². The Morgan fingerprint density at radius 1 is 1.24 bits per heavy atom. The van der Waals surface area contributed by atoms with Gasteiger partial charge in [-0.05, 0) is 49.8 Å². The summed E-state index contributed by atoms with van der Waals surface area (Å²) in [5.74, 6) is -2.76. The molecule has 0 aliphatic heterocycles. The molecule has 0 aromatic heterocycles. The number of allylic oxidation sites excluding steroid dienone is 4. The standard InChI is InChI=1S/C28H36F2O6S/c1-5-23(34)36-28(24(35)37-11-7-6-10-31)16(2)12-18-19-14-21(29)20-13-17(32)8-9-25(20,3)27(19,30)22(33)15-26(18,28)4/h6-9,13,16,18-19,21-22,31,33H,5,10-12,14-15H2,1-4H3/b7-6+/t16-,18?,19?,21+,22+,25+,26+,27+,28+/m1/s1. The number of halogens is 2. The van der Waals surface area contributed by atoms with Gasteiger partial charge in [-0.2, -0.15) is 0 Å². The first-order valence-electron chi connectivity index (χ1n) is 12.9. The Bertz CT molecular complexity index is 1070. The molecule has 4 aliphatic carbocycles. The number of thioether (sulfide) groups is 1. The van der Waals surface area contributed by atoms with Gasteiger partial charge in [-0.1, -0.05) is 50.8 Å². The molecule has 0 radical (unpaired) electrons. The molecule has 0 heterocycles. The predicted molar refractivity (Wildman–Crippen MR) is 136 cm³/mol. The molecule has 9 heteroatoms. The lowest BCUT2D eigenvalue weighted by Crippen LogP contribution is -2.70. The predicted octanol–water partition coefficient (Wildman–Crippen LogP) is 4.05. The Balaban J connectivity index is 1.82. The SMILES string of the molecule is CCC(=O)O[C@]1(C(=O)SC/C=C/CO)[C@H](C)CC2C3C[C@H](F)C4=CC(=O)C=C[C@]4(C)[C@@]3(F)[C@@H](O)C[C@@]21C. The fourth-order valence-corrected chi connectivity index (χ4v) is 8.92. The summed E-state index contributed by atoms with van der Waals surface area (Å²) in [6, 6.07) is 0. The molecule has 204 valence electrons. The molecule has 2 unspecified atom stereocenters. The maximum atomic E-state index is 17.4. The third-order valence-corrected chi connectivity index (χ3v) is 10.5. The zero-order chi connectivity index (χ0) is 27.4. The van der Waals surface area contributed by atoms with E-state index in [0.717, 1.165) is 17.8 Å². The number of ether oxygens (including phenoxy) is 1. The molecule has 0 saturated heterocycles. The molecule has 9 atom stereocenters. The fourth-order valence-electron chi connectivity index (χ4n) is 7.84. The number of ketones is 1. The lowest BCUT2D eigenvalue weighted by atomic mass is 9.44. The number of hydrogen-bond acceptors (Lipinski definition) is 7. The van der Waals surface area contributed by atoms with Crippen LogP contribution >= 0.6 is 11.8 Å². The average Bonchev–Trinajstić information content (AvgIpc) is 3.06. The van der Waals surface area contributed by atoms with Crippen LogP contribution in [0, 0.1) is 28.6 Å². The second kappa shape index (κ2) is 9.72. The van der Waals surface area contributed by atoms with Crippen molar-refractivity contribution in [1.82, 2.24) is 0 Å². The first-order chi connectivity index (χ1) is 17.3. The molecule has 4 rings (SSSR count).